The van der Waals surface area contributed by atoms with Crippen molar-refractivity contribution in [3.05, 3.63) is 95.6 Å². The van der Waals surface area contributed by atoms with E-state index >= 15 is 0 Å². The average Bonchev–Trinajstić information content (AvgIpc) is 2.71. The summed E-state index contributed by atoms with van der Waals surface area (Å²) in [4.78, 5) is 12.0. The molecular formula is C22H22ClNO3. The third-order valence-electron chi connectivity index (χ3n) is 3.88. The lowest BCUT2D eigenvalue weighted by Crippen LogP contribution is -2.14. The van der Waals surface area contributed by atoms with E-state index in [1.807, 2.05) is 60.7 Å². The maximum atomic E-state index is 12.0. The lowest BCUT2D eigenvalue weighted by molar-refractivity contribution is 0.100. The second-order valence-corrected chi connectivity index (χ2v) is 5.87. The Balaban J connectivity index is 0.00000261. The minimum Gasteiger partial charge on any atom is -0.489 e. The maximum Gasteiger partial charge on any atom is 0.176 e. The molecule has 0 amide bonds. The van der Waals surface area contributed by atoms with Crippen LogP contribution >= 0.6 is 12.4 Å². The summed E-state index contributed by atoms with van der Waals surface area (Å²) < 4.78 is 11.7. The molecule has 0 aromatic heterocycles. The number of nitrogens with two attached hydrogens (primary N) is 1. The SMILES string of the molecule is Cl.NCC(=O)c1cc(OCc2ccccc2)cc(OCc2ccccc2)c1. The van der Waals surface area contributed by atoms with E-state index in [2.05, 4.69) is 0 Å². The van der Waals surface area contributed by atoms with Crippen molar-refractivity contribution >= 4 is 18.2 Å². The van der Waals surface area contributed by atoms with Gasteiger partial charge in [0, 0.05) is 11.6 Å². The van der Waals surface area contributed by atoms with E-state index < -0.39 is 0 Å². The monoisotopic (exact) mass is 383 g/mol. The summed E-state index contributed by atoms with van der Waals surface area (Å²) in [7, 11) is 0. The molecule has 3 rings (SSSR count). The summed E-state index contributed by atoms with van der Waals surface area (Å²) in [6.07, 6.45) is 0. The largest absolute Gasteiger partial charge is 0.489 e. The summed E-state index contributed by atoms with van der Waals surface area (Å²) in [5, 5.41) is 0. The van der Waals surface area contributed by atoms with Gasteiger partial charge in [-0.05, 0) is 23.3 Å². The van der Waals surface area contributed by atoms with Crippen LogP contribution in [0.4, 0.5) is 0 Å². The molecule has 5 heteroatoms. The van der Waals surface area contributed by atoms with Crippen LogP contribution in [-0.4, -0.2) is 12.3 Å². The standard InChI is InChI=1S/C22H21NO3.ClH/c23-14-22(24)19-11-20(25-15-17-7-3-1-4-8-17)13-21(12-19)26-16-18-9-5-2-6-10-18;/h1-13H,14-16,23H2;1H. The molecule has 0 radical (unpaired) electrons. The fourth-order valence-corrected chi connectivity index (χ4v) is 2.50. The van der Waals surface area contributed by atoms with Crippen molar-refractivity contribution in [3.63, 3.8) is 0 Å². The zero-order valence-corrected chi connectivity index (χ0v) is 15.7. The Labute approximate surface area is 165 Å². The highest BCUT2D eigenvalue weighted by Gasteiger charge is 2.10. The van der Waals surface area contributed by atoms with Crippen molar-refractivity contribution in [2.24, 2.45) is 5.73 Å². The van der Waals surface area contributed by atoms with Crippen molar-refractivity contribution in [3.8, 4) is 11.5 Å². The lowest BCUT2D eigenvalue weighted by atomic mass is 10.1. The first-order valence-corrected chi connectivity index (χ1v) is 8.46. The number of carbonyl (C=O) groups is 1. The minimum absolute atomic E-state index is 0. The Kier molecular flexibility index (Phi) is 7.86. The van der Waals surface area contributed by atoms with Gasteiger partial charge in [-0.2, -0.15) is 0 Å². The van der Waals surface area contributed by atoms with Gasteiger partial charge in [0.1, 0.15) is 24.7 Å². The lowest BCUT2D eigenvalue weighted by Gasteiger charge is -2.12. The molecule has 0 spiro atoms. The molecule has 0 saturated carbocycles. The van der Waals surface area contributed by atoms with Gasteiger partial charge in [0.2, 0.25) is 0 Å². The van der Waals surface area contributed by atoms with Gasteiger partial charge in [-0.1, -0.05) is 60.7 Å². The molecule has 3 aromatic rings. The summed E-state index contributed by atoms with van der Waals surface area (Å²) in [5.41, 5.74) is 8.09. The second-order valence-electron chi connectivity index (χ2n) is 5.87. The van der Waals surface area contributed by atoms with Crippen LogP contribution in [-0.2, 0) is 13.2 Å². The summed E-state index contributed by atoms with van der Waals surface area (Å²) in [6, 6.07) is 24.9. The summed E-state index contributed by atoms with van der Waals surface area (Å²) >= 11 is 0. The number of halogens is 1. The number of Topliss-reactive ketones (excluding diaryl/α,β-unsaturated/α-hetero) is 1. The normalized spacial score (nSPS) is 9.96. The van der Waals surface area contributed by atoms with E-state index in [4.69, 9.17) is 15.2 Å². The van der Waals surface area contributed by atoms with Crippen LogP contribution in [0.1, 0.15) is 21.5 Å². The van der Waals surface area contributed by atoms with Crippen LogP contribution in [0.5, 0.6) is 11.5 Å². The van der Waals surface area contributed by atoms with E-state index in [9.17, 15) is 4.79 Å². The molecular weight excluding hydrogens is 362 g/mol. The Morgan fingerprint density at radius 2 is 1.19 bits per heavy atom. The van der Waals surface area contributed by atoms with Crippen LogP contribution in [0.25, 0.3) is 0 Å². The number of hydrogen-bond acceptors (Lipinski definition) is 4. The molecule has 0 atom stereocenters. The third-order valence-corrected chi connectivity index (χ3v) is 3.88. The molecule has 3 aromatic carbocycles. The molecule has 27 heavy (non-hydrogen) atoms. The first-order chi connectivity index (χ1) is 12.7. The first-order valence-electron chi connectivity index (χ1n) is 8.46. The van der Waals surface area contributed by atoms with Gasteiger partial charge < -0.3 is 15.2 Å². The zero-order chi connectivity index (χ0) is 18.2. The van der Waals surface area contributed by atoms with Crippen molar-refractivity contribution in [2.75, 3.05) is 6.54 Å². The van der Waals surface area contributed by atoms with Crippen molar-refractivity contribution in [2.45, 2.75) is 13.2 Å². The Hall–Kier alpha value is -2.82. The van der Waals surface area contributed by atoms with Crippen LogP contribution in [0.2, 0.25) is 0 Å². The van der Waals surface area contributed by atoms with Gasteiger partial charge in [-0.25, -0.2) is 0 Å². The summed E-state index contributed by atoms with van der Waals surface area (Å²) in [5.74, 6) is 1.01. The van der Waals surface area contributed by atoms with Crippen LogP contribution in [0.3, 0.4) is 0 Å². The molecule has 0 aliphatic heterocycles. The van der Waals surface area contributed by atoms with Crippen molar-refractivity contribution in [1.29, 1.82) is 0 Å². The van der Waals surface area contributed by atoms with Gasteiger partial charge >= 0.3 is 0 Å². The maximum absolute atomic E-state index is 12.0. The average molecular weight is 384 g/mol. The molecule has 0 aliphatic rings. The number of hydrogen-bond donors (Lipinski definition) is 1. The van der Waals surface area contributed by atoms with E-state index in [0.29, 0.717) is 30.3 Å². The Bertz CT molecular complexity index is 792. The molecule has 0 fully saturated rings. The van der Waals surface area contributed by atoms with Gasteiger partial charge in [-0.3, -0.25) is 4.79 Å². The first kappa shape index (κ1) is 20.5. The Morgan fingerprint density at radius 3 is 1.59 bits per heavy atom. The van der Waals surface area contributed by atoms with Crippen molar-refractivity contribution in [1.82, 2.24) is 0 Å². The molecule has 2 N–H and O–H groups in total. The molecule has 140 valence electrons. The molecule has 0 saturated heterocycles. The predicted molar refractivity (Wildman–Crippen MR) is 109 cm³/mol. The van der Waals surface area contributed by atoms with E-state index in [1.54, 1.807) is 18.2 Å². The topological polar surface area (TPSA) is 61.6 Å². The molecule has 0 unspecified atom stereocenters. The predicted octanol–water partition coefficient (Wildman–Crippen LogP) is 4.41. The minimum atomic E-state index is -0.153. The van der Waals surface area contributed by atoms with E-state index in [0.717, 1.165) is 11.1 Å². The number of ketones is 1. The van der Waals surface area contributed by atoms with Crippen LogP contribution in [0, 0.1) is 0 Å². The fourth-order valence-electron chi connectivity index (χ4n) is 2.50. The van der Waals surface area contributed by atoms with Gasteiger partial charge in [-0.15, -0.1) is 12.4 Å². The zero-order valence-electron chi connectivity index (χ0n) is 14.8. The highest BCUT2D eigenvalue weighted by atomic mass is 35.5. The van der Waals surface area contributed by atoms with E-state index in [-0.39, 0.29) is 24.7 Å². The van der Waals surface area contributed by atoms with Gasteiger partial charge in [0.15, 0.2) is 5.78 Å². The van der Waals surface area contributed by atoms with E-state index in [1.165, 1.54) is 0 Å². The third kappa shape index (κ3) is 6.13. The highest BCUT2D eigenvalue weighted by molar-refractivity contribution is 5.98. The molecule has 0 heterocycles. The fraction of sp³-hybridized carbons (Fsp3) is 0.136. The summed E-state index contributed by atoms with van der Waals surface area (Å²) in [6.45, 7) is 0.777. The number of carbonyl (C=O) groups excluding carboxylic acids is 1. The molecule has 0 aliphatic carbocycles. The molecule has 0 bridgehead atoms. The van der Waals surface area contributed by atoms with Gasteiger partial charge in [0.25, 0.3) is 0 Å². The number of benzene rings is 3. The molecule has 4 nitrogen and oxygen atoms in total. The van der Waals surface area contributed by atoms with Gasteiger partial charge in [0.05, 0.1) is 6.54 Å². The Morgan fingerprint density at radius 1 is 0.741 bits per heavy atom. The van der Waals surface area contributed by atoms with Crippen LogP contribution < -0.4 is 15.2 Å². The van der Waals surface area contributed by atoms with Crippen molar-refractivity contribution < 1.29 is 14.3 Å². The second kappa shape index (κ2) is 10.4. The van der Waals surface area contributed by atoms with Crippen LogP contribution in [0.15, 0.2) is 78.9 Å². The smallest absolute Gasteiger partial charge is 0.176 e. The quantitative estimate of drug-likeness (QED) is 0.585. The number of ether oxygens (including phenoxy) is 2. The highest BCUT2D eigenvalue weighted by Crippen LogP contribution is 2.25. The number of rotatable bonds is 8.